The van der Waals surface area contributed by atoms with Gasteiger partial charge in [-0.15, -0.1) is 11.3 Å². The number of carbonyl (C=O) groups is 1. The molecule has 1 heterocycles. The van der Waals surface area contributed by atoms with Crippen molar-refractivity contribution in [3.05, 3.63) is 11.1 Å². The third kappa shape index (κ3) is 2.31. The third-order valence-electron chi connectivity index (χ3n) is 2.31. The SMILES string of the molecule is Cc1cnc(NC(=O)C2CC(F)(F)C2)s1. The molecule has 82 valence electrons. The van der Waals surface area contributed by atoms with Gasteiger partial charge in [0.05, 0.1) is 0 Å². The number of anilines is 1. The molecule has 1 aromatic heterocycles. The highest BCUT2D eigenvalue weighted by Gasteiger charge is 2.48. The van der Waals surface area contributed by atoms with Crippen molar-refractivity contribution >= 4 is 22.4 Å². The summed E-state index contributed by atoms with van der Waals surface area (Å²) in [6.07, 6.45) is 0.946. The van der Waals surface area contributed by atoms with Crippen LogP contribution in [0.1, 0.15) is 17.7 Å². The lowest BCUT2D eigenvalue weighted by molar-refractivity contribution is -0.145. The Balaban J connectivity index is 1.89. The second-order valence-corrected chi connectivity index (χ2v) is 4.96. The van der Waals surface area contributed by atoms with Crippen molar-refractivity contribution in [3.63, 3.8) is 0 Å². The minimum Gasteiger partial charge on any atom is -0.302 e. The van der Waals surface area contributed by atoms with Crippen LogP contribution in [0.4, 0.5) is 13.9 Å². The second-order valence-electron chi connectivity index (χ2n) is 3.73. The monoisotopic (exact) mass is 232 g/mol. The van der Waals surface area contributed by atoms with E-state index in [4.69, 9.17) is 0 Å². The van der Waals surface area contributed by atoms with E-state index in [9.17, 15) is 13.6 Å². The summed E-state index contributed by atoms with van der Waals surface area (Å²) < 4.78 is 25.0. The van der Waals surface area contributed by atoms with E-state index in [1.165, 1.54) is 11.3 Å². The number of nitrogens with one attached hydrogen (secondary N) is 1. The van der Waals surface area contributed by atoms with Gasteiger partial charge in [0.25, 0.3) is 0 Å². The fraction of sp³-hybridized carbons (Fsp3) is 0.556. The van der Waals surface area contributed by atoms with Crippen LogP contribution in [-0.2, 0) is 4.79 Å². The lowest BCUT2D eigenvalue weighted by atomic mass is 9.81. The maximum atomic E-state index is 12.5. The van der Waals surface area contributed by atoms with Crippen molar-refractivity contribution < 1.29 is 13.6 Å². The van der Waals surface area contributed by atoms with Crippen molar-refractivity contribution in [1.82, 2.24) is 4.98 Å². The summed E-state index contributed by atoms with van der Waals surface area (Å²) >= 11 is 1.34. The summed E-state index contributed by atoms with van der Waals surface area (Å²) in [6.45, 7) is 1.87. The first kappa shape index (κ1) is 10.5. The summed E-state index contributed by atoms with van der Waals surface area (Å²) in [5, 5.41) is 3.02. The van der Waals surface area contributed by atoms with E-state index < -0.39 is 11.8 Å². The molecule has 6 heteroatoms. The van der Waals surface area contributed by atoms with Gasteiger partial charge < -0.3 is 5.32 Å². The molecule has 1 N–H and O–H groups in total. The zero-order valence-electron chi connectivity index (χ0n) is 8.09. The van der Waals surface area contributed by atoms with Crippen LogP contribution in [-0.4, -0.2) is 16.8 Å². The molecule has 3 nitrogen and oxygen atoms in total. The van der Waals surface area contributed by atoms with Crippen LogP contribution in [0.3, 0.4) is 0 Å². The van der Waals surface area contributed by atoms with Gasteiger partial charge in [0.15, 0.2) is 5.13 Å². The standard InChI is InChI=1S/C9H10F2N2OS/c1-5-4-12-8(15-5)13-7(14)6-2-9(10,11)3-6/h4,6H,2-3H2,1H3,(H,12,13,14). The van der Waals surface area contributed by atoms with Crippen LogP contribution in [0, 0.1) is 12.8 Å². The molecule has 0 unspecified atom stereocenters. The number of amides is 1. The number of halogens is 2. The highest BCUT2D eigenvalue weighted by molar-refractivity contribution is 7.15. The van der Waals surface area contributed by atoms with Gasteiger partial charge in [-0.3, -0.25) is 4.79 Å². The molecule has 1 aliphatic rings. The molecular formula is C9H10F2N2OS. The molecule has 0 radical (unpaired) electrons. The predicted molar refractivity (Wildman–Crippen MR) is 53.2 cm³/mol. The number of alkyl halides is 2. The molecule has 0 atom stereocenters. The average Bonchev–Trinajstić information content (AvgIpc) is 2.46. The average molecular weight is 232 g/mol. The predicted octanol–water partition coefficient (Wildman–Crippen LogP) is 2.44. The summed E-state index contributed by atoms with van der Waals surface area (Å²) in [5.41, 5.74) is 0. The molecule has 0 saturated heterocycles. The van der Waals surface area contributed by atoms with Crippen molar-refractivity contribution in [1.29, 1.82) is 0 Å². The van der Waals surface area contributed by atoms with Gasteiger partial charge in [0.1, 0.15) is 0 Å². The number of thiazole rings is 1. The number of nitrogens with zero attached hydrogens (tertiary/aromatic N) is 1. The molecular weight excluding hydrogens is 222 g/mol. The Bertz CT molecular complexity index is 383. The first-order valence-electron chi connectivity index (χ1n) is 4.57. The summed E-state index contributed by atoms with van der Waals surface area (Å²) in [7, 11) is 0. The van der Waals surface area contributed by atoms with Crippen molar-refractivity contribution in [3.8, 4) is 0 Å². The largest absolute Gasteiger partial charge is 0.302 e. The van der Waals surface area contributed by atoms with Crippen molar-refractivity contribution in [2.24, 2.45) is 5.92 Å². The second kappa shape index (κ2) is 3.52. The summed E-state index contributed by atoms with van der Waals surface area (Å²) in [4.78, 5) is 16.3. The lowest BCUT2D eigenvalue weighted by Gasteiger charge is -2.33. The Labute approximate surface area is 89.5 Å². The number of aromatic nitrogens is 1. The summed E-state index contributed by atoms with van der Waals surface area (Å²) in [6, 6.07) is 0. The van der Waals surface area contributed by atoms with E-state index in [1.807, 2.05) is 6.92 Å². The van der Waals surface area contributed by atoms with Crippen LogP contribution >= 0.6 is 11.3 Å². The maximum Gasteiger partial charge on any atom is 0.249 e. The Hall–Kier alpha value is -1.04. The van der Waals surface area contributed by atoms with Crippen LogP contribution in [0.15, 0.2) is 6.20 Å². The van der Waals surface area contributed by atoms with Crippen molar-refractivity contribution in [2.75, 3.05) is 5.32 Å². The van der Waals surface area contributed by atoms with E-state index in [0.29, 0.717) is 5.13 Å². The van der Waals surface area contributed by atoms with E-state index in [0.717, 1.165) is 4.88 Å². The fourth-order valence-corrected chi connectivity index (χ4v) is 2.13. The third-order valence-corrected chi connectivity index (χ3v) is 3.14. The van der Waals surface area contributed by atoms with Gasteiger partial charge in [-0.1, -0.05) is 0 Å². The van der Waals surface area contributed by atoms with Crippen LogP contribution in [0.25, 0.3) is 0 Å². The lowest BCUT2D eigenvalue weighted by Crippen LogP contribution is -2.42. The van der Waals surface area contributed by atoms with E-state index in [1.54, 1.807) is 6.20 Å². The topological polar surface area (TPSA) is 42.0 Å². The Morgan fingerprint density at radius 1 is 1.67 bits per heavy atom. The van der Waals surface area contributed by atoms with Crippen LogP contribution < -0.4 is 5.32 Å². The molecule has 1 fully saturated rings. The van der Waals surface area contributed by atoms with Gasteiger partial charge in [-0.25, -0.2) is 13.8 Å². The normalized spacial score (nSPS) is 19.7. The first-order valence-corrected chi connectivity index (χ1v) is 5.39. The molecule has 0 aliphatic heterocycles. The molecule has 0 aromatic carbocycles. The van der Waals surface area contributed by atoms with Gasteiger partial charge >= 0.3 is 0 Å². The molecule has 1 saturated carbocycles. The number of rotatable bonds is 2. The molecule has 1 aliphatic carbocycles. The van der Waals surface area contributed by atoms with E-state index in [2.05, 4.69) is 10.3 Å². The number of hydrogen-bond donors (Lipinski definition) is 1. The quantitative estimate of drug-likeness (QED) is 0.850. The van der Waals surface area contributed by atoms with Gasteiger partial charge in [-0.05, 0) is 6.92 Å². The Kier molecular flexibility index (Phi) is 2.46. The summed E-state index contributed by atoms with van der Waals surface area (Å²) in [5.74, 6) is -3.57. The highest BCUT2D eigenvalue weighted by Crippen LogP contribution is 2.42. The molecule has 1 amide bonds. The number of hydrogen-bond acceptors (Lipinski definition) is 3. The highest BCUT2D eigenvalue weighted by atomic mass is 32.1. The zero-order valence-corrected chi connectivity index (χ0v) is 8.91. The van der Waals surface area contributed by atoms with Gasteiger partial charge in [0, 0.05) is 29.8 Å². The smallest absolute Gasteiger partial charge is 0.249 e. The zero-order chi connectivity index (χ0) is 11.1. The minimum absolute atomic E-state index is 0.344. The van der Waals surface area contributed by atoms with Gasteiger partial charge in [0.2, 0.25) is 11.8 Å². The van der Waals surface area contributed by atoms with E-state index >= 15 is 0 Å². The maximum absolute atomic E-state index is 12.5. The van der Waals surface area contributed by atoms with Crippen LogP contribution in [0.2, 0.25) is 0 Å². The van der Waals surface area contributed by atoms with Crippen molar-refractivity contribution in [2.45, 2.75) is 25.7 Å². The number of aryl methyl sites for hydroxylation is 1. The molecule has 15 heavy (non-hydrogen) atoms. The minimum atomic E-state index is -2.65. The fourth-order valence-electron chi connectivity index (χ4n) is 1.47. The number of carbonyl (C=O) groups excluding carboxylic acids is 1. The van der Waals surface area contributed by atoms with Crippen LogP contribution in [0.5, 0.6) is 0 Å². The first-order chi connectivity index (χ1) is 6.96. The molecule has 0 spiro atoms. The Morgan fingerprint density at radius 3 is 2.80 bits per heavy atom. The Morgan fingerprint density at radius 2 is 2.33 bits per heavy atom. The molecule has 0 bridgehead atoms. The molecule has 2 rings (SSSR count). The molecule has 1 aromatic rings. The van der Waals surface area contributed by atoms with Gasteiger partial charge in [-0.2, -0.15) is 0 Å². The van der Waals surface area contributed by atoms with E-state index in [-0.39, 0.29) is 18.7 Å².